The lowest BCUT2D eigenvalue weighted by molar-refractivity contribution is -0.384. The normalized spacial score (nSPS) is 14.5. The Labute approximate surface area is 140 Å². The number of rotatable bonds is 3. The maximum absolute atomic E-state index is 10.9. The largest absolute Gasteiger partial charge is 0.462 e. The van der Waals surface area contributed by atoms with Gasteiger partial charge in [0.25, 0.3) is 12.2 Å². The molecule has 1 fully saturated rings. The molecule has 1 N–H and O–H groups in total. The molecule has 0 saturated carbocycles. The molecule has 1 aromatic carbocycles. The number of carbonyl (C=O) groups is 1. The van der Waals surface area contributed by atoms with Gasteiger partial charge < -0.3 is 15.0 Å². The number of nitrogens with zero attached hydrogens (tertiary/aromatic N) is 2. The lowest BCUT2D eigenvalue weighted by Crippen LogP contribution is -2.43. The van der Waals surface area contributed by atoms with E-state index in [1.807, 2.05) is 25.7 Å². The van der Waals surface area contributed by atoms with E-state index >= 15 is 0 Å². The molecule has 1 aromatic rings. The van der Waals surface area contributed by atoms with Crippen molar-refractivity contribution in [2.24, 2.45) is 0 Å². The van der Waals surface area contributed by atoms with Crippen LogP contribution in [0.3, 0.4) is 0 Å². The molecule has 0 bridgehead atoms. The molecule has 128 valence electrons. The summed E-state index contributed by atoms with van der Waals surface area (Å²) in [6, 6.07) is 4.78. The zero-order valence-electron chi connectivity index (χ0n) is 13.5. The number of halogens is 1. The van der Waals surface area contributed by atoms with Crippen LogP contribution in [-0.2, 0) is 9.53 Å². The second kappa shape index (κ2) is 8.69. The van der Waals surface area contributed by atoms with Crippen LogP contribution < -0.4 is 10.2 Å². The molecule has 0 atom stereocenters. The predicted octanol–water partition coefficient (Wildman–Crippen LogP) is 2.62. The number of anilines is 1. The van der Waals surface area contributed by atoms with Gasteiger partial charge in [-0.2, -0.15) is 0 Å². The highest BCUT2D eigenvalue weighted by molar-refractivity contribution is 6.33. The van der Waals surface area contributed by atoms with Crippen LogP contribution in [0.15, 0.2) is 18.2 Å². The first-order valence-corrected chi connectivity index (χ1v) is 7.64. The second-order valence-corrected chi connectivity index (χ2v) is 6.34. The van der Waals surface area contributed by atoms with E-state index in [1.54, 1.807) is 12.1 Å². The van der Waals surface area contributed by atoms with Gasteiger partial charge in [-0.3, -0.25) is 14.9 Å². The lowest BCUT2D eigenvalue weighted by Gasteiger charge is -2.29. The van der Waals surface area contributed by atoms with E-state index in [0.29, 0.717) is 17.2 Å². The second-order valence-electron chi connectivity index (χ2n) is 5.93. The van der Waals surface area contributed by atoms with Crippen molar-refractivity contribution >= 4 is 29.4 Å². The molecular weight excluding hydrogens is 322 g/mol. The number of para-hydroxylation sites is 1. The highest BCUT2D eigenvalue weighted by Gasteiger charge is 2.23. The minimum Gasteiger partial charge on any atom is -0.462 e. The van der Waals surface area contributed by atoms with Gasteiger partial charge in [0.05, 0.1) is 9.95 Å². The van der Waals surface area contributed by atoms with Gasteiger partial charge in [-0.15, -0.1) is 0 Å². The molecular formula is C15H22ClN3O4. The standard InChI is InChI=1S/C10H12ClN3O2.C5H10O2/c11-8-2-1-3-9(14(15)16)10(8)13-6-4-12-5-7-13;1-5(2,3)7-4-6/h1-3,12H,4-7H2;4H,1-3H3. The fourth-order valence-corrected chi connectivity index (χ4v) is 2.29. The van der Waals surface area contributed by atoms with Crippen LogP contribution in [0.25, 0.3) is 0 Å². The summed E-state index contributed by atoms with van der Waals surface area (Å²) in [5.41, 5.74) is 0.298. The molecule has 1 aliphatic rings. The van der Waals surface area contributed by atoms with Crippen LogP contribution in [0.1, 0.15) is 20.8 Å². The van der Waals surface area contributed by atoms with Gasteiger partial charge in [0.1, 0.15) is 11.3 Å². The minimum absolute atomic E-state index is 0.0781. The molecule has 1 saturated heterocycles. The molecule has 0 unspecified atom stereocenters. The maximum Gasteiger partial charge on any atom is 0.294 e. The Bertz CT molecular complexity index is 540. The zero-order valence-corrected chi connectivity index (χ0v) is 14.3. The number of nitro groups is 1. The van der Waals surface area contributed by atoms with Crippen molar-refractivity contribution in [2.45, 2.75) is 26.4 Å². The fourth-order valence-electron chi connectivity index (χ4n) is 2.00. The number of ether oxygens (including phenoxy) is 1. The van der Waals surface area contributed by atoms with Crippen molar-refractivity contribution in [2.75, 3.05) is 31.1 Å². The zero-order chi connectivity index (χ0) is 17.5. The van der Waals surface area contributed by atoms with Gasteiger partial charge in [-0.25, -0.2) is 0 Å². The summed E-state index contributed by atoms with van der Waals surface area (Å²) in [6.45, 7) is 9.05. The number of hydrogen-bond donors (Lipinski definition) is 1. The maximum atomic E-state index is 10.9. The minimum atomic E-state index is -0.386. The third-order valence-corrected chi connectivity index (χ3v) is 3.30. The SMILES string of the molecule is CC(C)(C)OC=O.O=[N+]([O-])c1cccc(Cl)c1N1CCNCC1. The molecule has 0 aliphatic carbocycles. The molecule has 1 heterocycles. The molecule has 0 spiro atoms. The van der Waals surface area contributed by atoms with Crippen LogP contribution in [0.2, 0.25) is 5.02 Å². The van der Waals surface area contributed by atoms with Crippen molar-refractivity contribution in [1.82, 2.24) is 5.32 Å². The average molecular weight is 344 g/mol. The van der Waals surface area contributed by atoms with Crippen molar-refractivity contribution in [1.29, 1.82) is 0 Å². The number of nitrogens with one attached hydrogen (secondary N) is 1. The molecule has 0 amide bonds. The Hall–Kier alpha value is -1.86. The first kappa shape index (κ1) is 19.2. The monoisotopic (exact) mass is 343 g/mol. The van der Waals surface area contributed by atoms with Gasteiger partial charge in [0.15, 0.2) is 0 Å². The summed E-state index contributed by atoms with van der Waals surface area (Å²) in [4.78, 5) is 22.1. The smallest absolute Gasteiger partial charge is 0.294 e. The van der Waals surface area contributed by atoms with Crippen LogP contribution in [0.4, 0.5) is 11.4 Å². The first-order chi connectivity index (χ1) is 10.8. The molecule has 23 heavy (non-hydrogen) atoms. The fraction of sp³-hybridized carbons (Fsp3) is 0.533. The summed E-state index contributed by atoms with van der Waals surface area (Å²) in [7, 11) is 0. The van der Waals surface area contributed by atoms with Crippen LogP contribution in [-0.4, -0.2) is 43.2 Å². The summed E-state index contributed by atoms with van der Waals surface area (Å²) >= 11 is 6.04. The molecule has 0 radical (unpaired) electrons. The van der Waals surface area contributed by atoms with E-state index < -0.39 is 0 Å². The van der Waals surface area contributed by atoms with Crippen molar-refractivity contribution < 1.29 is 14.5 Å². The molecule has 1 aliphatic heterocycles. The van der Waals surface area contributed by atoms with Crippen molar-refractivity contribution in [3.63, 3.8) is 0 Å². The Kier molecular flexibility index (Phi) is 7.25. The third-order valence-electron chi connectivity index (χ3n) is 3.00. The first-order valence-electron chi connectivity index (χ1n) is 7.26. The van der Waals surface area contributed by atoms with Crippen molar-refractivity contribution in [3.05, 3.63) is 33.3 Å². The average Bonchev–Trinajstić information content (AvgIpc) is 2.47. The van der Waals surface area contributed by atoms with Crippen molar-refractivity contribution in [3.8, 4) is 0 Å². The number of nitro benzene ring substituents is 1. The summed E-state index contributed by atoms with van der Waals surface area (Å²) < 4.78 is 4.55. The Morgan fingerprint density at radius 1 is 1.35 bits per heavy atom. The van der Waals surface area contributed by atoms with Crippen LogP contribution in [0, 0.1) is 10.1 Å². The van der Waals surface area contributed by atoms with Gasteiger partial charge in [0.2, 0.25) is 0 Å². The quantitative estimate of drug-likeness (QED) is 0.516. The number of carbonyl (C=O) groups excluding carboxylic acids is 1. The number of hydrogen-bond acceptors (Lipinski definition) is 6. The summed E-state index contributed by atoms with van der Waals surface area (Å²) in [5, 5.41) is 14.6. The Morgan fingerprint density at radius 2 is 1.96 bits per heavy atom. The lowest BCUT2D eigenvalue weighted by atomic mass is 10.2. The molecule has 2 rings (SSSR count). The topological polar surface area (TPSA) is 84.7 Å². The van der Waals surface area contributed by atoms with Gasteiger partial charge in [0, 0.05) is 32.2 Å². The van der Waals surface area contributed by atoms with E-state index in [1.165, 1.54) is 6.07 Å². The van der Waals surface area contributed by atoms with Gasteiger partial charge in [-0.1, -0.05) is 17.7 Å². The van der Waals surface area contributed by atoms with E-state index in [2.05, 4.69) is 10.1 Å². The molecule has 0 aromatic heterocycles. The predicted molar refractivity (Wildman–Crippen MR) is 90.1 cm³/mol. The summed E-state index contributed by atoms with van der Waals surface area (Å²) in [5.74, 6) is 0. The Morgan fingerprint density at radius 3 is 2.39 bits per heavy atom. The number of benzene rings is 1. The van der Waals surface area contributed by atoms with E-state index in [0.717, 1.165) is 26.2 Å². The summed E-state index contributed by atoms with van der Waals surface area (Å²) in [6.07, 6.45) is 0. The molecule has 8 heteroatoms. The van der Waals surface area contributed by atoms with E-state index in [-0.39, 0.29) is 16.2 Å². The van der Waals surface area contributed by atoms with Gasteiger partial charge in [-0.05, 0) is 26.8 Å². The Balaban J connectivity index is 0.000000322. The number of piperazine rings is 1. The highest BCUT2D eigenvalue weighted by Crippen LogP contribution is 2.35. The molecule has 7 nitrogen and oxygen atoms in total. The van der Waals surface area contributed by atoms with Gasteiger partial charge >= 0.3 is 0 Å². The third kappa shape index (κ3) is 6.42. The van der Waals surface area contributed by atoms with Crippen LogP contribution >= 0.6 is 11.6 Å². The van der Waals surface area contributed by atoms with Crippen LogP contribution in [0.5, 0.6) is 0 Å². The highest BCUT2D eigenvalue weighted by atomic mass is 35.5. The van der Waals surface area contributed by atoms with E-state index in [9.17, 15) is 14.9 Å². The van der Waals surface area contributed by atoms with E-state index in [4.69, 9.17) is 11.6 Å².